The zero-order chi connectivity index (χ0) is 25.8. The van der Waals surface area contributed by atoms with Crippen molar-refractivity contribution in [1.29, 1.82) is 0 Å². The van der Waals surface area contributed by atoms with Gasteiger partial charge in [0.2, 0.25) is 0 Å². The lowest BCUT2D eigenvalue weighted by Gasteiger charge is -2.70. The summed E-state index contributed by atoms with van der Waals surface area (Å²) in [5.74, 6) is -0.764. The van der Waals surface area contributed by atoms with Gasteiger partial charge < -0.3 is 33.9 Å². The molecule has 5 aliphatic carbocycles. The molecular formula is C27H43NO8. The Balaban J connectivity index is 1.67. The van der Waals surface area contributed by atoms with E-state index < -0.39 is 34.9 Å². The molecule has 1 aliphatic heterocycles. The van der Waals surface area contributed by atoms with Gasteiger partial charge in [-0.3, -0.25) is 9.69 Å². The molecule has 5 saturated carbocycles. The van der Waals surface area contributed by atoms with Gasteiger partial charge >= 0.3 is 5.97 Å². The van der Waals surface area contributed by atoms with Gasteiger partial charge in [0.1, 0.15) is 17.3 Å². The summed E-state index contributed by atoms with van der Waals surface area (Å²) >= 11 is 0. The Bertz CT molecular complexity index is 918. The number of carbonyl (C=O) groups is 1. The molecule has 2 N–H and O–H groups in total. The molecule has 7 bridgehead atoms. The van der Waals surface area contributed by atoms with Crippen molar-refractivity contribution in [3.63, 3.8) is 0 Å². The number of carbonyl (C=O) groups excluding carboxylic acids is 1. The quantitative estimate of drug-likeness (QED) is 0.483. The normalized spacial score (nSPS) is 56.6. The van der Waals surface area contributed by atoms with Gasteiger partial charge in [-0.05, 0) is 31.7 Å². The highest BCUT2D eigenvalue weighted by molar-refractivity contribution is 5.66. The molecule has 6 aliphatic rings. The summed E-state index contributed by atoms with van der Waals surface area (Å²) in [6.07, 6.45) is 0.828. The molecule has 204 valence electrons. The van der Waals surface area contributed by atoms with Gasteiger partial charge in [-0.2, -0.15) is 0 Å². The van der Waals surface area contributed by atoms with Crippen LogP contribution in [0, 0.1) is 34.5 Å². The van der Waals surface area contributed by atoms with Crippen molar-refractivity contribution in [2.75, 3.05) is 48.1 Å². The molecule has 0 aromatic carbocycles. The van der Waals surface area contributed by atoms with E-state index in [1.54, 1.807) is 28.4 Å². The van der Waals surface area contributed by atoms with Crippen LogP contribution in [0.4, 0.5) is 0 Å². The topological polar surface area (TPSA) is 107 Å². The minimum atomic E-state index is -1.44. The van der Waals surface area contributed by atoms with Crippen LogP contribution in [0.15, 0.2) is 0 Å². The minimum Gasteiger partial charge on any atom is -0.462 e. The average molecular weight is 510 g/mol. The molecule has 6 rings (SSSR count). The molecule has 9 nitrogen and oxygen atoms in total. The molecule has 0 aromatic heterocycles. The van der Waals surface area contributed by atoms with Crippen molar-refractivity contribution >= 4 is 5.97 Å². The van der Waals surface area contributed by atoms with Gasteiger partial charge in [0.05, 0.1) is 31.0 Å². The second-order valence-corrected chi connectivity index (χ2v) is 12.5. The Labute approximate surface area is 213 Å². The second-order valence-electron chi connectivity index (χ2n) is 12.5. The Kier molecular flexibility index (Phi) is 5.73. The zero-order valence-electron chi connectivity index (χ0n) is 22.4. The summed E-state index contributed by atoms with van der Waals surface area (Å²) in [5.41, 5.74) is -3.41. The highest BCUT2D eigenvalue weighted by atomic mass is 16.6. The molecule has 9 heteroatoms. The van der Waals surface area contributed by atoms with E-state index in [1.807, 2.05) is 0 Å². The lowest BCUT2D eigenvalue weighted by Crippen LogP contribution is -2.82. The number of likely N-dealkylation sites (tertiary alicyclic amines) is 1. The van der Waals surface area contributed by atoms with Gasteiger partial charge in [0, 0.05) is 76.9 Å². The van der Waals surface area contributed by atoms with Crippen molar-refractivity contribution in [3.8, 4) is 0 Å². The number of hydrogen-bond donors (Lipinski definition) is 2. The minimum absolute atomic E-state index is 0.0164. The van der Waals surface area contributed by atoms with Gasteiger partial charge in [0.15, 0.2) is 0 Å². The summed E-state index contributed by atoms with van der Waals surface area (Å²) < 4.78 is 30.8. The smallest absolute Gasteiger partial charge is 0.302 e. The van der Waals surface area contributed by atoms with Crippen LogP contribution in [0.25, 0.3) is 0 Å². The second kappa shape index (κ2) is 8.10. The van der Waals surface area contributed by atoms with Gasteiger partial charge in [-0.25, -0.2) is 0 Å². The van der Waals surface area contributed by atoms with Crippen LogP contribution in [0.5, 0.6) is 0 Å². The molecule has 0 amide bonds. The number of aliphatic hydroxyl groups is 2. The number of ether oxygens (including phenoxy) is 5. The van der Waals surface area contributed by atoms with Crippen molar-refractivity contribution in [1.82, 2.24) is 4.90 Å². The van der Waals surface area contributed by atoms with Gasteiger partial charge in [-0.15, -0.1) is 0 Å². The molecule has 0 radical (unpaired) electrons. The Morgan fingerprint density at radius 3 is 2.50 bits per heavy atom. The fourth-order valence-electron chi connectivity index (χ4n) is 11.4. The van der Waals surface area contributed by atoms with Crippen LogP contribution < -0.4 is 0 Å². The molecule has 1 spiro atoms. The summed E-state index contributed by atoms with van der Waals surface area (Å²) in [7, 11) is 6.77. The first-order valence-corrected chi connectivity index (χ1v) is 13.6. The molecule has 1 saturated heterocycles. The first kappa shape index (κ1) is 25.5. The monoisotopic (exact) mass is 509 g/mol. The zero-order valence-corrected chi connectivity index (χ0v) is 22.4. The maximum Gasteiger partial charge on any atom is 0.302 e. The van der Waals surface area contributed by atoms with Crippen LogP contribution in [0.2, 0.25) is 0 Å². The highest BCUT2D eigenvalue weighted by Gasteiger charge is 2.92. The van der Waals surface area contributed by atoms with E-state index in [0.717, 1.165) is 25.9 Å². The highest BCUT2D eigenvalue weighted by Crippen LogP contribution is 2.80. The van der Waals surface area contributed by atoms with Crippen LogP contribution in [0.1, 0.15) is 39.5 Å². The molecular weight excluding hydrogens is 466 g/mol. The predicted octanol–water partition coefficient (Wildman–Crippen LogP) is 0.842. The number of likely N-dealkylation sites (N-methyl/N-ethyl adjacent to an activating group) is 1. The molecule has 1 heterocycles. The van der Waals surface area contributed by atoms with Crippen molar-refractivity contribution in [2.45, 2.75) is 81.2 Å². The third-order valence-corrected chi connectivity index (χ3v) is 11.8. The maximum absolute atomic E-state index is 13.3. The molecule has 6 fully saturated rings. The Morgan fingerprint density at radius 2 is 1.92 bits per heavy atom. The van der Waals surface area contributed by atoms with Crippen molar-refractivity contribution in [3.05, 3.63) is 0 Å². The molecule has 0 unspecified atom stereocenters. The van der Waals surface area contributed by atoms with Crippen molar-refractivity contribution < 1.29 is 38.7 Å². The van der Waals surface area contributed by atoms with Crippen LogP contribution in [-0.4, -0.2) is 111 Å². The number of esters is 1. The van der Waals surface area contributed by atoms with E-state index in [1.165, 1.54) is 6.92 Å². The first-order valence-electron chi connectivity index (χ1n) is 13.6. The summed E-state index contributed by atoms with van der Waals surface area (Å²) in [6, 6.07) is -0.348. The van der Waals surface area contributed by atoms with Crippen LogP contribution >= 0.6 is 0 Å². The summed E-state index contributed by atoms with van der Waals surface area (Å²) in [4.78, 5) is 14.7. The number of methoxy groups -OCH3 is 4. The third kappa shape index (κ3) is 2.50. The Hall–Kier alpha value is -0.810. The fraction of sp³-hybridized carbons (Fsp3) is 0.963. The van der Waals surface area contributed by atoms with E-state index in [4.69, 9.17) is 23.7 Å². The molecule has 0 aromatic rings. The maximum atomic E-state index is 13.3. The first-order chi connectivity index (χ1) is 17.2. The van der Waals surface area contributed by atoms with E-state index >= 15 is 0 Å². The Morgan fingerprint density at radius 1 is 1.17 bits per heavy atom. The lowest BCUT2D eigenvalue weighted by atomic mass is 9.42. The largest absolute Gasteiger partial charge is 0.462 e. The van der Waals surface area contributed by atoms with Gasteiger partial charge in [-0.1, -0.05) is 6.92 Å². The number of piperidine rings is 1. The van der Waals surface area contributed by atoms with Gasteiger partial charge in [0.25, 0.3) is 0 Å². The molecule has 36 heavy (non-hydrogen) atoms. The number of fused-ring (bicyclic) bond motifs is 2. The third-order valence-electron chi connectivity index (χ3n) is 11.8. The lowest BCUT2D eigenvalue weighted by molar-refractivity contribution is -0.324. The fourth-order valence-corrected chi connectivity index (χ4v) is 11.4. The van der Waals surface area contributed by atoms with Crippen molar-refractivity contribution in [2.24, 2.45) is 34.5 Å². The van der Waals surface area contributed by atoms with E-state index in [9.17, 15) is 15.0 Å². The molecule has 13 atom stereocenters. The summed E-state index contributed by atoms with van der Waals surface area (Å²) in [5, 5.41) is 25.4. The number of aliphatic hydroxyl groups excluding tert-OH is 1. The average Bonchev–Trinajstić information content (AvgIpc) is 3.22. The number of rotatable bonds is 7. The summed E-state index contributed by atoms with van der Waals surface area (Å²) in [6.45, 7) is 5.63. The van der Waals surface area contributed by atoms with E-state index in [-0.39, 0.29) is 47.2 Å². The van der Waals surface area contributed by atoms with E-state index in [0.29, 0.717) is 19.4 Å². The predicted molar refractivity (Wildman–Crippen MR) is 128 cm³/mol. The standard InChI is InChI=1S/C27H43NO8/c1-7-28-12-24(13-32-3)9-8-18(30)26-16-10-15-17(33-4)11-25(35-6,19(16)20(15)36-14(2)29)27(31,23(26)28)22(34-5)21(24)26/h15-23,30-31H,7-13H2,1-6H3/t15-,16-,17+,18+,19-,20-,21+,22+,23-,24-,25-,26-,27+/m1/s1. The van der Waals surface area contributed by atoms with E-state index in [2.05, 4.69) is 11.8 Å². The van der Waals surface area contributed by atoms with Crippen LogP contribution in [0.3, 0.4) is 0 Å². The number of hydrogen-bond acceptors (Lipinski definition) is 9. The van der Waals surface area contributed by atoms with Crippen LogP contribution in [-0.2, 0) is 28.5 Å². The number of nitrogens with zero attached hydrogens (tertiary/aromatic N) is 1. The SMILES string of the molecule is CCN1C[C@@]2(COC)CC[C@H](O)[C@@]34[C@@H]5C[C@H]6[C@@H](OC(C)=O)[C@@H]5[C@](OC)(C[C@@H]6OC)[C@@](O)([C@H]13)[C@@H](OC)[C@@H]24.